The van der Waals surface area contributed by atoms with E-state index in [1.54, 1.807) is 6.92 Å². The minimum atomic E-state index is -3.91. The molecule has 0 fully saturated rings. The van der Waals surface area contributed by atoms with Gasteiger partial charge >= 0.3 is 0 Å². The smallest absolute Gasteiger partial charge is 0.243 e. The van der Waals surface area contributed by atoms with Crippen molar-refractivity contribution in [3.8, 4) is 0 Å². The summed E-state index contributed by atoms with van der Waals surface area (Å²) in [5.41, 5.74) is 5.28. The molecule has 0 saturated carbocycles. The summed E-state index contributed by atoms with van der Waals surface area (Å²) in [6, 6.07) is 2.87. The van der Waals surface area contributed by atoms with Gasteiger partial charge in [-0.25, -0.2) is 17.5 Å². The van der Waals surface area contributed by atoms with Gasteiger partial charge in [0.2, 0.25) is 10.0 Å². The Morgan fingerprint density at radius 2 is 2.12 bits per heavy atom. The quantitative estimate of drug-likeness (QED) is 0.886. The van der Waals surface area contributed by atoms with Gasteiger partial charge in [-0.15, -0.1) is 12.4 Å². The maximum atomic E-state index is 13.3. The minimum absolute atomic E-state index is 0. The van der Waals surface area contributed by atoms with E-state index in [4.69, 9.17) is 17.3 Å². The van der Waals surface area contributed by atoms with Crippen molar-refractivity contribution >= 4 is 34.0 Å². The SMILES string of the molecule is C[C@@H](CN)NS(=O)(=O)c1cc(Cl)ccc1F.Cl. The Balaban J connectivity index is 0.00000256. The Bertz CT molecular complexity index is 482. The molecular weight excluding hydrogens is 290 g/mol. The predicted molar refractivity (Wildman–Crippen MR) is 67.5 cm³/mol. The molecule has 0 unspecified atom stereocenters. The molecule has 0 aromatic heterocycles. The van der Waals surface area contributed by atoms with E-state index in [9.17, 15) is 12.8 Å². The summed E-state index contributed by atoms with van der Waals surface area (Å²) in [6.07, 6.45) is 0. The molecule has 17 heavy (non-hydrogen) atoms. The molecule has 1 aromatic carbocycles. The number of rotatable bonds is 4. The molecule has 0 radical (unpaired) electrons. The van der Waals surface area contributed by atoms with Crippen LogP contribution in [-0.4, -0.2) is 21.0 Å². The lowest BCUT2D eigenvalue weighted by atomic mass is 10.3. The van der Waals surface area contributed by atoms with Crippen molar-refractivity contribution in [3.05, 3.63) is 29.0 Å². The maximum absolute atomic E-state index is 13.3. The molecule has 0 amide bonds. The number of halogens is 3. The summed E-state index contributed by atoms with van der Waals surface area (Å²) < 4.78 is 39.0. The Morgan fingerprint density at radius 1 is 1.53 bits per heavy atom. The van der Waals surface area contributed by atoms with E-state index in [-0.39, 0.29) is 24.0 Å². The molecule has 0 aliphatic heterocycles. The summed E-state index contributed by atoms with van der Waals surface area (Å²) >= 11 is 5.61. The largest absolute Gasteiger partial charge is 0.329 e. The van der Waals surface area contributed by atoms with Crippen LogP contribution in [0.15, 0.2) is 23.1 Å². The van der Waals surface area contributed by atoms with Crippen molar-refractivity contribution in [2.45, 2.75) is 17.9 Å². The second-order valence-electron chi connectivity index (χ2n) is 3.33. The fraction of sp³-hybridized carbons (Fsp3) is 0.333. The van der Waals surface area contributed by atoms with Crippen LogP contribution in [0.25, 0.3) is 0 Å². The highest BCUT2D eigenvalue weighted by Crippen LogP contribution is 2.19. The van der Waals surface area contributed by atoms with E-state index in [0.29, 0.717) is 0 Å². The average molecular weight is 303 g/mol. The Hall–Kier alpha value is -0.400. The van der Waals surface area contributed by atoms with E-state index < -0.39 is 26.8 Å². The van der Waals surface area contributed by atoms with Gasteiger partial charge in [0.15, 0.2) is 0 Å². The highest BCUT2D eigenvalue weighted by atomic mass is 35.5. The molecule has 4 nitrogen and oxygen atoms in total. The zero-order valence-electron chi connectivity index (χ0n) is 8.98. The number of nitrogens with two attached hydrogens (primary N) is 1. The monoisotopic (exact) mass is 302 g/mol. The standard InChI is InChI=1S/C9H12ClFN2O2S.ClH/c1-6(5-12)13-16(14,15)9-4-7(10)2-3-8(9)11;/h2-4,6,13H,5,12H2,1H3;1H/t6-;/m0./s1. The van der Waals surface area contributed by atoms with Gasteiger partial charge in [0.25, 0.3) is 0 Å². The van der Waals surface area contributed by atoms with Crippen molar-refractivity contribution in [1.82, 2.24) is 4.72 Å². The molecule has 98 valence electrons. The first-order valence-electron chi connectivity index (χ1n) is 4.54. The molecule has 1 aromatic rings. The molecule has 3 N–H and O–H groups in total. The van der Waals surface area contributed by atoms with Crippen LogP contribution in [0.3, 0.4) is 0 Å². The molecule has 0 saturated heterocycles. The molecule has 0 aliphatic carbocycles. The summed E-state index contributed by atoms with van der Waals surface area (Å²) in [4.78, 5) is -0.472. The summed E-state index contributed by atoms with van der Waals surface area (Å²) in [7, 11) is -3.91. The number of nitrogens with one attached hydrogen (secondary N) is 1. The van der Waals surface area contributed by atoms with Gasteiger partial charge in [-0.3, -0.25) is 0 Å². The third-order valence-electron chi connectivity index (χ3n) is 1.89. The molecule has 1 atom stereocenters. The predicted octanol–water partition coefficient (Wildman–Crippen LogP) is 1.53. The van der Waals surface area contributed by atoms with E-state index in [0.717, 1.165) is 12.1 Å². The fourth-order valence-electron chi connectivity index (χ4n) is 1.06. The molecule has 1 rings (SSSR count). The number of sulfonamides is 1. The van der Waals surface area contributed by atoms with E-state index in [1.807, 2.05) is 0 Å². The van der Waals surface area contributed by atoms with Crippen LogP contribution in [-0.2, 0) is 10.0 Å². The number of hydrogen-bond donors (Lipinski definition) is 2. The molecule has 0 heterocycles. The van der Waals surface area contributed by atoms with Crippen molar-refractivity contribution in [2.75, 3.05) is 6.54 Å². The lowest BCUT2D eigenvalue weighted by Crippen LogP contribution is -2.38. The van der Waals surface area contributed by atoms with E-state index in [1.165, 1.54) is 6.07 Å². The molecule has 0 aliphatic rings. The Kier molecular flexibility index (Phi) is 6.36. The van der Waals surface area contributed by atoms with Gasteiger partial charge in [0.05, 0.1) is 0 Å². The molecular formula is C9H13Cl2FN2O2S. The highest BCUT2D eigenvalue weighted by molar-refractivity contribution is 7.89. The first kappa shape index (κ1) is 16.6. The van der Waals surface area contributed by atoms with Gasteiger partial charge in [-0.2, -0.15) is 0 Å². The molecule has 0 bridgehead atoms. The average Bonchev–Trinajstić information content (AvgIpc) is 2.20. The van der Waals surface area contributed by atoms with Crippen LogP contribution >= 0.6 is 24.0 Å². The van der Waals surface area contributed by atoms with Crippen LogP contribution in [0.4, 0.5) is 4.39 Å². The third kappa shape index (κ3) is 4.40. The lowest BCUT2D eigenvalue weighted by Gasteiger charge is -2.12. The summed E-state index contributed by atoms with van der Waals surface area (Å²) in [5.74, 6) is -0.846. The fourth-order valence-corrected chi connectivity index (χ4v) is 2.66. The summed E-state index contributed by atoms with van der Waals surface area (Å²) in [6.45, 7) is 1.71. The van der Waals surface area contributed by atoms with E-state index >= 15 is 0 Å². The normalized spacial score (nSPS) is 12.9. The van der Waals surface area contributed by atoms with Gasteiger partial charge in [-0.05, 0) is 25.1 Å². The molecule has 0 spiro atoms. The number of benzene rings is 1. The summed E-state index contributed by atoms with van der Waals surface area (Å²) in [5, 5.41) is 0.155. The lowest BCUT2D eigenvalue weighted by molar-refractivity contribution is 0.544. The zero-order chi connectivity index (χ0) is 12.3. The maximum Gasteiger partial charge on any atom is 0.243 e. The topological polar surface area (TPSA) is 72.2 Å². The first-order chi connectivity index (χ1) is 7.36. The van der Waals surface area contributed by atoms with Crippen molar-refractivity contribution in [3.63, 3.8) is 0 Å². The van der Waals surface area contributed by atoms with Crippen LogP contribution in [0.2, 0.25) is 5.02 Å². The van der Waals surface area contributed by atoms with Gasteiger partial charge < -0.3 is 5.73 Å². The van der Waals surface area contributed by atoms with Gasteiger partial charge in [0, 0.05) is 17.6 Å². The minimum Gasteiger partial charge on any atom is -0.329 e. The zero-order valence-corrected chi connectivity index (χ0v) is 11.4. The van der Waals surface area contributed by atoms with Crippen molar-refractivity contribution < 1.29 is 12.8 Å². The van der Waals surface area contributed by atoms with Crippen LogP contribution in [0.1, 0.15) is 6.92 Å². The first-order valence-corrected chi connectivity index (χ1v) is 6.40. The van der Waals surface area contributed by atoms with Gasteiger partial charge in [0.1, 0.15) is 10.7 Å². The number of hydrogen-bond acceptors (Lipinski definition) is 3. The van der Waals surface area contributed by atoms with Crippen LogP contribution in [0, 0.1) is 5.82 Å². The molecule has 8 heteroatoms. The van der Waals surface area contributed by atoms with Gasteiger partial charge in [-0.1, -0.05) is 11.6 Å². The van der Waals surface area contributed by atoms with Crippen LogP contribution < -0.4 is 10.5 Å². The second-order valence-corrected chi connectivity index (χ2v) is 5.45. The Labute approximate surface area is 111 Å². The highest BCUT2D eigenvalue weighted by Gasteiger charge is 2.21. The van der Waals surface area contributed by atoms with Crippen molar-refractivity contribution in [2.24, 2.45) is 5.73 Å². The van der Waals surface area contributed by atoms with E-state index in [2.05, 4.69) is 4.72 Å². The third-order valence-corrected chi connectivity index (χ3v) is 3.73. The second kappa shape index (κ2) is 6.51. The van der Waals surface area contributed by atoms with Crippen LogP contribution in [0.5, 0.6) is 0 Å². The van der Waals surface area contributed by atoms with Crippen molar-refractivity contribution in [1.29, 1.82) is 0 Å². The Morgan fingerprint density at radius 3 is 2.65 bits per heavy atom.